The molecule has 22 heavy (non-hydrogen) atoms. The molecule has 1 atom stereocenters. The summed E-state index contributed by atoms with van der Waals surface area (Å²) in [5, 5.41) is 0. The highest BCUT2D eigenvalue weighted by Gasteiger charge is 2.46. The first kappa shape index (κ1) is 16.7. The van der Waals surface area contributed by atoms with E-state index in [2.05, 4.69) is 0 Å². The van der Waals surface area contributed by atoms with Gasteiger partial charge in [-0.25, -0.2) is 12.6 Å². The fourth-order valence-electron chi connectivity index (χ4n) is 2.10. The second-order valence-corrected chi connectivity index (χ2v) is 8.75. The molecular weight excluding hydrogens is 324 g/mol. The predicted octanol–water partition coefficient (Wildman–Crippen LogP) is 2.31. The van der Waals surface area contributed by atoms with Gasteiger partial charge in [0.15, 0.2) is 0 Å². The topological polar surface area (TPSA) is 77.5 Å². The number of hydrogen-bond acceptors (Lipinski definition) is 5. The number of sulfone groups is 1. The third-order valence-corrected chi connectivity index (χ3v) is 6.15. The van der Waals surface area contributed by atoms with Gasteiger partial charge in [-0.05, 0) is 19.1 Å². The van der Waals surface area contributed by atoms with Gasteiger partial charge in [-0.3, -0.25) is 0 Å². The van der Waals surface area contributed by atoms with Crippen molar-refractivity contribution in [3.05, 3.63) is 66.2 Å². The first-order valence-corrected chi connectivity index (χ1v) is 9.72. The summed E-state index contributed by atoms with van der Waals surface area (Å²) < 4.78 is 54.1. The lowest BCUT2D eigenvalue weighted by Gasteiger charge is -2.28. The molecule has 0 aliphatic heterocycles. The molecule has 0 spiro atoms. The summed E-state index contributed by atoms with van der Waals surface area (Å²) in [7, 11) is -8.09. The lowest BCUT2D eigenvalue weighted by atomic mass is 10.1. The van der Waals surface area contributed by atoms with Gasteiger partial charge < -0.3 is 0 Å². The molecule has 0 bridgehead atoms. The van der Waals surface area contributed by atoms with Crippen molar-refractivity contribution in [2.24, 2.45) is 0 Å². The van der Waals surface area contributed by atoms with Crippen LogP contribution in [0.1, 0.15) is 12.5 Å². The SMILES string of the molecule is CC(OS(C)(=O)=O)(c1ccccc1)S(=O)(=O)c1ccccc1. The first-order valence-electron chi connectivity index (χ1n) is 6.43. The molecule has 2 rings (SSSR count). The standard InChI is InChI=1S/C15H16O5S2/c1-15(20-21(2,16)17,13-9-5-3-6-10-13)22(18,19)14-11-7-4-8-12-14/h3-12H,1-2H3. The molecule has 0 amide bonds. The summed E-state index contributed by atoms with van der Waals surface area (Å²) in [6, 6.07) is 15.6. The zero-order valence-electron chi connectivity index (χ0n) is 12.1. The van der Waals surface area contributed by atoms with Gasteiger partial charge in [0.05, 0.1) is 11.2 Å². The van der Waals surface area contributed by atoms with E-state index in [0.717, 1.165) is 6.26 Å². The molecule has 2 aromatic carbocycles. The van der Waals surface area contributed by atoms with E-state index in [0.29, 0.717) is 0 Å². The molecule has 0 heterocycles. The zero-order valence-corrected chi connectivity index (χ0v) is 13.8. The lowest BCUT2D eigenvalue weighted by Crippen LogP contribution is -2.37. The molecular formula is C15H16O5S2. The summed E-state index contributed by atoms with van der Waals surface area (Å²) in [4.78, 5) is -2.05. The van der Waals surface area contributed by atoms with Gasteiger partial charge in [-0.1, -0.05) is 48.5 Å². The summed E-state index contributed by atoms with van der Waals surface area (Å²) in [6.07, 6.45) is 0.828. The minimum Gasteiger partial charge on any atom is -0.242 e. The third kappa shape index (κ3) is 3.21. The van der Waals surface area contributed by atoms with Crippen LogP contribution in [0.5, 0.6) is 0 Å². The zero-order chi connectivity index (χ0) is 16.4. The highest BCUT2D eigenvalue weighted by atomic mass is 32.2. The highest BCUT2D eigenvalue weighted by molar-refractivity contribution is 7.93. The van der Waals surface area contributed by atoms with Crippen molar-refractivity contribution in [1.29, 1.82) is 0 Å². The van der Waals surface area contributed by atoms with Gasteiger partial charge in [-0.15, -0.1) is 0 Å². The molecule has 0 aliphatic carbocycles. The summed E-state index contributed by atoms with van der Waals surface area (Å²) in [6.45, 7) is 1.24. The van der Waals surface area contributed by atoms with E-state index in [4.69, 9.17) is 4.18 Å². The first-order chi connectivity index (χ1) is 10.2. The van der Waals surface area contributed by atoms with E-state index in [1.807, 2.05) is 0 Å². The van der Waals surface area contributed by atoms with Gasteiger partial charge >= 0.3 is 0 Å². The van der Waals surface area contributed by atoms with Crippen LogP contribution in [0.2, 0.25) is 0 Å². The quantitative estimate of drug-likeness (QED) is 0.781. The second kappa shape index (κ2) is 5.83. The number of hydrogen-bond donors (Lipinski definition) is 0. The molecule has 0 saturated carbocycles. The highest BCUT2D eigenvalue weighted by Crippen LogP contribution is 2.37. The Morgan fingerprint density at radius 3 is 1.73 bits per heavy atom. The Balaban J connectivity index is 2.70. The van der Waals surface area contributed by atoms with E-state index >= 15 is 0 Å². The molecule has 0 fully saturated rings. The summed E-state index contributed by atoms with van der Waals surface area (Å²) in [5.74, 6) is 0. The van der Waals surface area contributed by atoms with Crippen molar-refractivity contribution in [2.45, 2.75) is 16.8 Å². The minimum atomic E-state index is -4.09. The van der Waals surface area contributed by atoms with Crippen molar-refractivity contribution >= 4 is 20.0 Å². The van der Waals surface area contributed by atoms with E-state index in [-0.39, 0.29) is 10.5 Å². The smallest absolute Gasteiger partial charge is 0.242 e. The van der Waals surface area contributed by atoms with Crippen LogP contribution >= 0.6 is 0 Å². The van der Waals surface area contributed by atoms with Crippen LogP contribution in [0.4, 0.5) is 0 Å². The Kier molecular flexibility index (Phi) is 4.42. The molecule has 5 nitrogen and oxygen atoms in total. The fourth-order valence-corrected chi connectivity index (χ4v) is 4.92. The molecule has 7 heteroatoms. The number of rotatable bonds is 5. The maximum absolute atomic E-state index is 12.9. The fraction of sp³-hybridized carbons (Fsp3) is 0.200. The van der Waals surface area contributed by atoms with Gasteiger partial charge in [0.2, 0.25) is 14.8 Å². The predicted molar refractivity (Wildman–Crippen MR) is 83.4 cm³/mol. The van der Waals surface area contributed by atoms with E-state index < -0.39 is 24.9 Å². The average Bonchev–Trinajstić information content (AvgIpc) is 2.47. The average molecular weight is 340 g/mol. The summed E-state index contributed by atoms with van der Waals surface area (Å²) >= 11 is 0. The van der Waals surface area contributed by atoms with Crippen LogP contribution in [-0.2, 0) is 29.1 Å². The Bertz CT molecular complexity index is 843. The number of benzene rings is 2. The molecule has 0 aromatic heterocycles. The minimum absolute atomic E-state index is 0.00926. The van der Waals surface area contributed by atoms with Crippen LogP contribution < -0.4 is 0 Å². The molecule has 2 aromatic rings. The Labute approximate surface area is 130 Å². The largest absolute Gasteiger partial charge is 0.266 e. The molecule has 118 valence electrons. The Hall–Kier alpha value is -1.70. The van der Waals surface area contributed by atoms with Gasteiger partial charge in [0, 0.05) is 5.56 Å². The van der Waals surface area contributed by atoms with Crippen molar-refractivity contribution < 1.29 is 21.0 Å². The van der Waals surface area contributed by atoms with E-state index in [1.165, 1.54) is 31.2 Å². The normalized spacial score (nSPS) is 15.2. The second-order valence-electron chi connectivity index (χ2n) is 4.92. The van der Waals surface area contributed by atoms with E-state index in [1.54, 1.807) is 36.4 Å². The van der Waals surface area contributed by atoms with E-state index in [9.17, 15) is 16.8 Å². The van der Waals surface area contributed by atoms with Crippen LogP contribution in [-0.4, -0.2) is 23.1 Å². The molecule has 1 unspecified atom stereocenters. The molecule has 0 aliphatic rings. The maximum atomic E-state index is 12.9. The van der Waals surface area contributed by atoms with Crippen LogP contribution in [0.3, 0.4) is 0 Å². The van der Waals surface area contributed by atoms with Crippen molar-refractivity contribution in [2.75, 3.05) is 6.26 Å². The van der Waals surface area contributed by atoms with Crippen LogP contribution in [0.25, 0.3) is 0 Å². The van der Waals surface area contributed by atoms with Crippen LogP contribution in [0, 0.1) is 0 Å². The van der Waals surface area contributed by atoms with Gasteiger partial charge in [-0.2, -0.15) is 8.42 Å². The Morgan fingerprint density at radius 1 is 0.818 bits per heavy atom. The lowest BCUT2D eigenvalue weighted by molar-refractivity contribution is 0.184. The van der Waals surface area contributed by atoms with Gasteiger partial charge in [0.25, 0.3) is 10.1 Å². The Morgan fingerprint density at radius 2 is 1.27 bits per heavy atom. The van der Waals surface area contributed by atoms with Crippen molar-refractivity contribution in [3.8, 4) is 0 Å². The van der Waals surface area contributed by atoms with Crippen molar-refractivity contribution in [1.82, 2.24) is 0 Å². The maximum Gasteiger partial charge on any atom is 0.266 e. The summed E-state index contributed by atoms with van der Waals surface area (Å²) in [5.41, 5.74) is 0.240. The molecule has 0 saturated heterocycles. The molecule has 0 N–H and O–H groups in total. The monoisotopic (exact) mass is 340 g/mol. The van der Waals surface area contributed by atoms with Crippen LogP contribution in [0.15, 0.2) is 65.6 Å². The van der Waals surface area contributed by atoms with Gasteiger partial charge in [0.1, 0.15) is 0 Å². The third-order valence-electron chi connectivity index (χ3n) is 3.17. The van der Waals surface area contributed by atoms with Crippen molar-refractivity contribution in [3.63, 3.8) is 0 Å². The molecule has 0 radical (unpaired) electrons.